The maximum Gasteiger partial charge on any atom is 0.251 e. The van der Waals surface area contributed by atoms with Gasteiger partial charge in [0.15, 0.2) is 11.5 Å². The lowest BCUT2D eigenvalue weighted by atomic mass is 10.0. The van der Waals surface area contributed by atoms with Crippen molar-refractivity contribution >= 4 is 17.5 Å². The molecule has 0 fully saturated rings. The number of carbonyl (C=O) groups is 1. The first kappa shape index (κ1) is 18.1. The molecule has 5 heteroatoms. The van der Waals surface area contributed by atoms with Gasteiger partial charge in [-0.25, -0.2) is 0 Å². The van der Waals surface area contributed by atoms with Gasteiger partial charge in [0.2, 0.25) is 0 Å². The second kappa shape index (κ2) is 8.60. The molecule has 0 aliphatic carbocycles. The quantitative estimate of drug-likeness (QED) is 0.794. The highest BCUT2D eigenvalue weighted by atomic mass is 35.5. The summed E-state index contributed by atoms with van der Waals surface area (Å²) >= 11 is 5.92. The number of benzene rings is 2. The third-order valence-electron chi connectivity index (χ3n) is 3.71. The normalized spacial score (nSPS) is 11.7. The third kappa shape index (κ3) is 4.42. The number of rotatable bonds is 7. The van der Waals surface area contributed by atoms with E-state index in [0.29, 0.717) is 28.7 Å². The number of amides is 1. The molecule has 0 aliphatic rings. The molecule has 0 radical (unpaired) electrons. The summed E-state index contributed by atoms with van der Waals surface area (Å²) in [5.41, 5.74) is 1.56. The van der Waals surface area contributed by atoms with Gasteiger partial charge in [-0.3, -0.25) is 4.79 Å². The molecule has 24 heavy (non-hydrogen) atoms. The number of methoxy groups -OCH3 is 1. The van der Waals surface area contributed by atoms with Crippen molar-refractivity contribution in [3.8, 4) is 11.5 Å². The van der Waals surface area contributed by atoms with Crippen molar-refractivity contribution < 1.29 is 14.3 Å². The number of ether oxygens (including phenoxy) is 2. The van der Waals surface area contributed by atoms with Gasteiger partial charge in [-0.2, -0.15) is 0 Å². The van der Waals surface area contributed by atoms with E-state index in [1.165, 1.54) is 0 Å². The van der Waals surface area contributed by atoms with Crippen LogP contribution in [-0.4, -0.2) is 19.6 Å². The van der Waals surface area contributed by atoms with E-state index in [4.69, 9.17) is 21.1 Å². The first-order chi connectivity index (χ1) is 11.6. The Labute approximate surface area is 147 Å². The van der Waals surface area contributed by atoms with Crippen LogP contribution in [0.25, 0.3) is 0 Å². The molecule has 0 saturated heterocycles. The Morgan fingerprint density at radius 3 is 2.42 bits per heavy atom. The summed E-state index contributed by atoms with van der Waals surface area (Å²) in [5.74, 6) is 1.02. The summed E-state index contributed by atoms with van der Waals surface area (Å²) in [7, 11) is 1.57. The van der Waals surface area contributed by atoms with E-state index >= 15 is 0 Å². The van der Waals surface area contributed by atoms with E-state index in [9.17, 15) is 4.79 Å². The molecule has 0 heterocycles. The van der Waals surface area contributed by atoms with E-state index in [-0.39, 0.29) is 11.9 Å². The summed E-state index contributed by atoms with van der Waals surface area (Å²) in [4.78, 5) is 12.6. The number of nitrogens with one attached hydrogen (secondary N) is 1. The molecule has 128 valence electrons. The highest BCUT2D eigenvalue weighted by Gasteiger charge is 2.16. The molecule has 0 aromatic heterocycles. The number of halogens is 1. The third-order valence-corrected chi connectivity index (χ3v) is 3.96. The monoisotopic (exact) mass is 347 g/mol. The van der Waals surface area contributed by atoms with Gasteiger partial charge in [-0.1, -0.05) is 30.7 Å². The number of hydrogen-bond acceptors (Lipinski definition) is 3. The summed E-state index contributed by atoms with van der Waals surface area (Å²) in [6.45, 7) is 4.42. The van der Waals surface area contributed by atoms with E-state index in [0.717, 1.165) is 12.0 Å². The smallest absolute Gasteiger partial charge is 0.251 e. The first-order valence-corrected chi connectivity index (χ1v) is 8.34. The fourth-order valence-electron chi connectivity index (χ4n) is 2.44. The lowest BCUT2D eigenvalue weighted by molar-refractivity contribution is 0.0935. The highest BCUT2D eigenvalue weighted by Crippen LogP contribution is 2.28. The number of hydrogen-bond donors (Lipinski definition) is 1. The average molecular weight is 348 g/mol. The van der Waals surface area contributed by atoms with Crippen LogP contribution < -0.4 is 14.8 Å². The van der Waals surface area contributed by atoms with Gasteiger partial charge in [-0.05, 0) is 49.2 Å². The molecule has 2 rings (SSSR count). The van der Waals surface area contributed by atoms with Gasteiger partial charge in [0.05, 0.1) is 19.8 Å². The topological polar surface area (TPSA) is 47.6 Å². The minimum atomic E-state index is -0.152. The molecule has 1 amide bonds. The minimum Gasteiger partial charge on any atom is -0.493 e. The van der Waals surface area contributed by atoms with Crippen LogP contribution in [0.1, 0.15) is 42.2 Å². The summed E-state index contributed by atoms with van der Waals surface area (Å²) < 4.78 is 10.8. The molecule has 1 N–H and O–H groups in total. The summed E-state index contributed by atoms with van der Waals surface area (Å²) in [5, 5.41) is 3.72. The maximum atomic E-state index is 12.6. The summed E-state index contributed by atoms with van der Waals surface area (Å²) in [6, 6.07) is 12.6. The Bertz CT molecular complexity index is 686. The summed E-state index contributed by atoms with van der Waals surface area (Å²) in [6.07, 6.45) is 0.780. The van der Waals surface area contributed by atoms with Crippen LogP contribution in [0.3, 0.4) is 0 Å². The molecule has 2 aromatic rings. The Morgan fingerprint density at radius 2 is 1.83 bits per heavy atom. The van der Waals surface area contributed by atoms with Crippen molar-refractivity contribution in [1.29, 1.82) is 0 Å². The number of carbonyl (C=O) groups excluding carboxylic acids is 1. The largest absolute Gasteiger partial charge is 0.493 e. The molecule has 1 atom stereocenters. The van der Waals surface area contributed by atoms with Crippen LogP contribution in [0, 0.1) is 0 Å². The predicted molar refractivity (Wildman–Crippen MR) is 96.1 cm³/mol. The van der Waals surface area contributed by atoms with E-state index in [1.807, 2.05) is 38.1 Å². The molecule has 2 aromatic carbocycles. The van der Waals surface area contributed by atoms with Crippen molar-refractivity contribution in [3.63, 3.8) is 0 Å². The van der Waals surface area contributed by atoms with Gasteiger partial charge >= 0.3 is 0 Å². The zero-order chi connectivity index (χ0) is 17.5. The zero-order valence-electron chi connectivity index (χ0n) is 14.1. The van der Waals surface area contributed by atoms with Crippen LogP contribution in [0.5, 0.6) is 11.5 Å². The lowest BCUT2D eigenvalue weighted by Crippen LogP contribution is -2.28. The molecular formula is C19H22ClNO3. The van der Waals surface area contributed by atoms with Gasteiger partial charge in [0.25, 0.3) is 5.91 Å². The van der Waals surface area contributed by atoms with Gasteiger partial charge in [0.1, 0.15) is 0 Å². The van der Waals surface area contributed by atoms with Crippen LogP contribution in [0.15, 0.2) is 42.5 Å². The highest BCUT2D eigenvalue weighted by molar-refractivity contribution is 6.30. The van der Waals surface area contributed by atoms with Gasteiger partial charge in [-0.15, -0.1) is 0 Å². The molecule has 4 nitrogen and oxygen atoms in total. The minimum absolute atomic E-state index is 0.0765. The standard InChI is InChI=1S/C19H22ClNO3/c1-4-16(13-6-9-15(20)10-7-13)21-19(22)14-8-11-17(23-3)18(12-14)24-5-2/h6-12,16H,4-5H2,1-3H3,(H,21,22). The first-order valence-electron chi connectivity index (χ1n) is 7.96. The van der Waals surface area contributed by atoms with Crippen LogP contribution in [0.4, 0.5) is 0 Å². The van der Waals surface area contributed by atoms with Crippen molar-refractivity contribution in [2.75, 3.05) is 13.7 Å². The van der Waals surface area contributed by atoms with Crippen LogP contribution in [-0.2, 0) is 0 Å². The fraction of sp³-hybridized carbons (Fsp3) is 0.316. The SMILES string of the molecule is CCOc1cc(C(=O)NC(CC)c2ccc(Cl)cc2)ccc1OC. The molecule has 0 aliphatic heterocycles. The molecule has 1 unspecified atom stereocenters. The van der Waals surface area contributed by atoms with Crippen LogP contribution in [0.2, 0.25) is 5.02 Å². The average Bonchev–Trinajstić information content (AvgIpc) is 2.60. The van der Waals surface area contributed by atoms with Gasteiger partial charge in [0, 0.05) is 10.6 Å². The Kier molecular flexibility index (Phi) is 6.50. The second-order valence-corrected chi connectivity index (χ2v) is 5.72. The Hall–Kier alpha value is -2.20. The molecule has 0 spiro atoms. The predicted octanol–water partition coefficient (Wildman–Crippen LogP) is 4.63. The van der Waals surface area contributed by atoms with Crippen molar-refractivity contribution in [2.24, 2.45) is 0 Å². The van der Waals surface area contributed by atoms with Crippen molar-refractivity contribution in [2.45, 2.75) is 26.3 Å². The molecule has 0 saturated carbocycles. The zero-order valence-corrected chi connectivity index (χ0v) is 14.9. The molecule has 0 bridgehead atoms. The van der Waals surface area contributed by atoms with Gasteiger partial charge < -0.3 is 14.8 Å². The van der Waals surface area contributed by atoms with E-state index in [1.54, 1.807) is 25.3 Å². The van der Waals surface area contributed by atoms with Crippen LogP contribution >= 0.6 is 11.6 Å². The molecular weight excluding hydrogens is 326 g/mol. The van der Waals surface area contributed by atoms with Crippen molar-refractivity contribution in [1.82, 2.24) is 5.32 Å². The second-order valence-electron chi connectivity index (χ2n) is 5.28. The van der Waals surface area contributed by atoms with Crippen molar-refractivity contribution in [3.05, 3.63) is 58.6 Å². The maximum absolute atomic E-state index is 12.6. The lowest BCUT2D eigenvalue weighted by Gasteiger charge is -2.18. The van der Waals surface area contributed by atoms with E-state index in [2.05, 4.69) is 5.32 Å². The Balaban J connectivity index is 2.18. The fourth-order valence-corrected chi connectivity index (χ4v) is 2.57. The Morgan fingerprint density at radius 1 is 1.12 bits per heavy atom. The van der Waals surface area contributed by atoms with E-state index < -0.39 is 0 Å².